The van der Waals surface area contributed by atoms with Gasteiger partial charge >= 0.3 is 6.03 Å². The maximum atomic E-state index is 11.5. The van der Waals surface area contributed by atoms with Gasteiger partial charge in [-0.05, 0) is 19.3 Å². The van der Waals surface area contributed by atoms with Crippen LogP contribution in [0.5, 0.6) is 0 Å². The van der Waals surface area contributed by atoms with Gasteiger partial charge in [-0.15, -0.1) is 0 Å². The Hall–Kier alpha value is -1.04. The first-order chi connectivity index (χ1) is 7.59. The van der Waals surface area contributed by atoms with Gasteiger partial charge in [-0.2, -0.15) is 0 Å². The highest BCUT2D eigenvalue weighted by Gasteiger charge is 2.21. The SMILES string of the molecule is C=C(Br)CNC(=O)N[C@H]1CCCCNC1=O. The summed E-state index contributed by atoms with van der Waals surface area (Å²) in [6, 6.07) is -0.770. The third-order valence-electron chi connectivity index (χ3n) is 2.28. The number of carbonyl (C=O) groups is 2. The highest BCUT2D eigenvalue weighted by Crippen LogP contribution is 2.05. The molecular weight excluding hydrogens is 274 g/mol. The molecule has 1 aliphatic heterocycles. The van der Waals surface area contributed by atoms with Gasteiger partial charge in [-0.1, -0.05) is 22.5 Å². The summed E-state index contributed by atoms with van der Waals surface area (Å²) in [6.07, 6.45) is 2.59. The number of nitrogens with one attached hydrogen (secondary N) is 3. The van der Waals surface area contributed by atoms with Crippen molar-refractivity contribution in [1.82, 2.24) is 16.0 Å². The third-order valence-corrected chi connectivity index (χ3v) is 2.56. The maximum absolute atomic E-state index is 11.5. The Bertz CT molecular complexity index is 294. The number of urea groups is 1. The molecule has 1 aliphatic rings. The van der Waals surface area contributed by atoms with Crippen LogP contribution in [0.4, 0.5) is 4.79 Å². The largest absolute Gasteiger partial charge is 0.354 e. The maximum Gasteiger partial charge on any atom is 0.315 e. The Balaban J connectivity index is 2.36. The Kier molecular flexibility index (Phi) is 5.31. The van der Waals surface area contributed by atoms with Gasteiger partial charge < -0.3 is 16.0 Å². The van der Waals surface area contributed by atoms with Crippen LogP contribution in [-0.4, -0.2) is 31.1 Å². The zero-order valence-electron chi connectivity index (χ0n) is 9.01. The van der Waals surface area contributed by atoms with Crippen molar-refractivity contribution in [1.29, 1.82) is 0 Å². The lowest BCUT2D eigenvalue weighted by Crippen LogP contribution is -2.49. The van der Waals surface area contributed by atoms with Crippen molar-refractivity contribution in [2.75, 3.05) is 13.1 Å². The quantitative estimate of drug-likeness (QED) is 0.721. The first-order valence-electron chi connectivity index (χ1n) is 5.25. The zero-order valence-corrected chi connectivity index (χ0v) is 10.6. The lowest BCUT2D eigenvalue weighted by atomic mass is 10.1. The summed E-state index contributed by atoms with van der Waals surface area (Å²) in [7, 11) is 0. The van der Waals surface area contributed by atoms with E-state index in [1.807, 2.05) is 0 Å². The van der Waals surface area contributed by atoms with Gasteiger partial charge in [-0.3, -0.25) is 4.79 Å². The molecule has 0 unspecified atom stereocenters. The summed E-state index contributed by atoms with van der Waals surface area (Å²) in [6.45, 7) is 4.64. The van der Waals surface area contributed by atoms with E-state index in [9.17, 15) is 9.59 Å². The van der Waals surface area contributed by atoms with E-state index in [-0.39, 0.29) is 11.9 Å². The molecule has 16 heavy (non-hydrogen) atoms. The first-order valence-corrected chi connectivity index (χ1v) is 6.04. The van der Waals surface area contributed by atoms with E-state index in [2.05, 4.69) is 38.5 Å². The Morgan fingerprint density at radius 3 is 3.00 bits per heavy atom. The van der Waals surface area contributed by atoms with Crippen molar-refractivity contribution in [3.63, 3.8) is 0 Å². The molecule has 1 heterocycles. The molecule has 3 N–H and O–H groups in total. The monoisotopic (exact) mass is 289 g/mol. The van der Waals surface area contributed by atoms with Crippen LogP contribution in [0.1, 0.15) is 19.3 Å². The summed E-state index contributed by atoms with van der Waals surface area (Å²) >= 11 is 3.14. The number of hydrogen-bond donors (Lipinski definition) is 3. The second kappa shape index (κ2) is 6.52. The molecule has 3 amide bonds. The number of carbonyl (C=O) groups excluding carboxylic acids is 2. The van der Waals surface area contributed by atoms with Crippen LogP contribution < -0.4 is 16.0 Å². The van der Waals surface area contributed by atoms with Crippen molar-refractivity contribution in [3.05, 3.63) is 11.1 Å². The van der Waals surface area contributed by atoms with Gasteiger partial charge in [0.25, 0.3) is 0 Å². The van der Waals surface area contributed by atoms with Crippen LogP contribution >= 0.6 is 15.9 Å². The third kappa shape index (κ3) is 4.65. The zero-order chi connectivity index (χ0) is 12.0. The molecule has 1 atom stereocenters. The Morgan fingerprint density at radius 2 is 2.31 bits per heavy atom. The molecule has 1 rings (SSSR count). The highest BCUT2D eigenvalue weighted by atomic mass is 79.9. The van der Waals surface area contributed by atoms with Gasteiger partial charge in [0.1, 0.15) is 6.04 Å². The molecule has 5 nitrogen and oxygen atoms in total. The van der Waals surface area contributed by atoms with E-state index in [1.165, 1.54) is 0 Å². The molecule has 0 aliphatic carbocycles. The van der Waals surface area contributed by atoms with Gasteiger partial charge in [0.05, 0.1) is 6.54 Å². The van der Waals surface area contributed by atoms with E-state index >= 15 is 0 Å². The molecule has 0 aromatic heterocycles. The molecule has 1 fully saturated rings. The first kappa shape index (κ1) is 13.0. The summed E-state index contributed by atoms with van der Waals surface area (Å²) < 4.78 is 0.688. The number of halogens is 1. The van der Waals surface area contributed by atoms with Crippen molar-refractivity contribution < 1.29 is 9.59 Å². The van der Waals surface area contributed by atoms with Gasteiger partial charge in [0, 0.05) is 11.0 Å². The number of amides is 3. The standard InChI is InChI=1S/C10H16BrN3O2/c1-7(11)6-13-10(16)14-8-4-2-3-5-12-9(8)15/h8H,1-6H2,(H,12,15)(H2,13,14,16)/t8-/m0/s1. The van der Waals surface area contributed by atoms with Gasteiger partial charge in [0.15, 0.2) is 0 Å². The number of rotatable bonds is 3. The lowest BCUT2D eigenvalue weighted by Gasteiger charge is -2.15. The van der Waals surface area contributed by atoms with Crippen LogP contribution in [0, 0.1) is 0 Å². The van der Waals surface area contributed by atoms with Crippen LogP contribution in [0.2, 0.25) is 0 Å². The Labute approximate surface area is 103 Å². The van der Waals surface area contributed by atoms with Crippen LogP contribution in [0.15, 0.2) is 11.1 Å². The molecule has 0 saturated carbocycles. The smallest absolute Gasteiger partial charge is 0.315 e. The van der Waals surface area contributed by atoms with E-state index < -0.39 is 6.04 Å². The summed E-state index contributed by atoms with van der Waals surface area (Å²) in [5.74, 6) is -0.106. The van der Waals surface area contributed by atoms with E-state index in [0.29, 0.717) is 24.0 Å². The summed E-state index contributed by atoms with van der Waals surface area (Å²) in [4.78, 5) is 22.9. The second-order valence-corrected chi connectivity index (χ2v) is 4.81. The molecule has 6 heteroatoms. The van der Waals surface area contributed by atoms with Crippen LogP contribution in [-0.2, 0) is 4.79 Å². The minimum Gasteiger partial charge on any atom is -0.354 e. The van der Waals surface area contributed by atoms with Crippen molar-refractivity contribution >= 4 is 27.9 Å². The fourth-order valence-electron chi connectivity index (χ4n) is 1.46. The summed E-state index contributed by atoms with van der Waals surface area (Å²) in [5, 5.41) is 7.99. The van der Waals surface area contributed by atoms with Crippen LogP contribution in [0.25, 0.3) is 0 Å². The fourth-order valence-corrected chi connectivity index (χ4v) is 1.60. The predicted octanol–water partition coefficient (Wildman–Crippen LogP) is 0.863. The normalized spacial score (nSPS) is 20.6. The Morgan fingerprint density at radius 1 is 1.56 bits per heavy atom. The van der Waals surface area contributed by atoms with E-state index in [0.717, 1.165) is 12.8 Å². The van der Waals surface area contributed by atoms with Crippen molar-refractivity contribution in [2.24, 2.45) is 0 Å². The molecular formula is C10H16BrN3O2. The molecule has 0 aromatic carbocycles. The molecule has 1 saturated heterocycles. The van der Waals surface area contributed by atoms with Crippen LogP contribution in [0.3, 0.4) is 0 Å². The predicted molar refractivity (Wildman–Crippen MR) is 65.3 cm³/mol. The van der Waals surface area contributed by atoms with Crippen molar-refractivity contribution in [2.45, 2.75) is 25.3 Å². The molecule has 90 valence electrons. The molecule has 0 spiro atoms. The fraction of sp³-hybridized carbons (Fsp3) is 0.600. The topological polar surface area (TPSA) is 70.2 Å². The molecule has 0 radical (unpaired) electrons. The minimum absolute atomic E-state index is 0.106. The highest BCUT2D eigenvalue weighted by molar-refractivity contribution is 9.11. The van der Waals surface area contributed by atoms with E-state index in [4.69, 9.17) is 0 Å². The molecule has 0 bridgehead atoms. The number of hydrogen-bond acceptors (Lipinski definition) is 2. The minimum atomic E-state index is -0.425. The average Bonchev–Trinajstić information content (AvgIpc) is 2.42. The molecule has 0 aromatic rings. The van der Waals surface area contributed by atoms with Gasteiger partial charge in [-0.25, -0.2) is 4.79 Å². The van der Waals surface area contributed by atoms with Gasteiger partial charge in [0.2, 0.25) is 5.91 Å². The summed E-state index contributed by atoms with van der Waals surface area (Å²) in [5.41, 5.74) is 0. The second-order valence-electron chi connectivity index (χ2n) is 3.68. The van der Waals surface area contributed by atoms with E-state index in [1.54, 1.807) is 0 Å². The lowest BCUT2D eigenvalue weighted by molar-refractivity contribution is -0.122. The van der Waals surface area contributed by atoms with Crippen molar-refractivity contribution in [3.8, 4) is 0 Å². The average molecular weight is 290 g/mol.